The summed E-state index contributed by atoms with van der Waals surface area (Å²) in [5, 5.41) is 0. The Morgan fingerprint density at radius 2 is 1.80 bits per heavy atom. The van der Waals surface area contributed by atoms with E-state index in [0.29, 0.717) is 5.41 Å². The average Bonchev–Trinajstić information content (AvgIpc) is 3.14. The second kappa shape index (κ2) is 3.63. The first-order valence-corrected chi connectivity index (χ1v) is 8.73. The van der Waals surface area contributed by atoms with Crippen LogP contribution in [-0.2, 0) is 9.47 Å². The molecule has 2 aliphatic heterocycles. The topological polar surface area (TPSA) is 25.1 Å². The number of unbranched alkanes of at least 4 members (excludes halogenated alkanes) is 1. The molecule has 4 aliphatic rings. The van der Waals surface area contributed by atoms with Crippen LogP contribution in [0, 0.1) is 28.6 Å². The number of fused-ring (bicyclic) bond motifs is 1. The lowest BCUT2D eigenvalue weighted by Gasteiger charge is -2.56. The van der Waals surface area contributed by atoms with Crippen molar-refractivity contribution in [1.29, 1.82) is 0 Å². The summed E-state index contributed by atoms with van der Waals surface area (Å²) in [7, 11) is 0. The Labute approximate surface area is 123 Å². The van der Waals surface area contributed by atoms with Crippen LogP contribution < -0.4 is 0 Å². The molecule has 20 heavy (non-hydrogen) atoms. The quantitative estimate of drug-likeness (QED) is 0.697. The third kappa shape index (κ3) is 1.30. The summed E-state index contributed by atoms with van der Waals surface area (Å²) in [6.45, 7) is 12.2. The van der Waals surface area contributed by atoms with E-state index in [4.69, 9.17) is 9.47 Å². The maximum absolute atomic E-state index is 6.19. The predicted molar refractivity (Wildman–Crippen MR) is 79.0 cm³/mol. The van der Waals surface area contributed by atoms with Crippen LogP contribution >= 0.6 is 0 Å². The van der Waals surface area contributed by atoms with Crippen LogP contribution in [0.1, 0.15) is 73.1 Å². The molecule has 4 atom stereocenters. The smallest absolute Gasteiger partial charge is 0.235 e. The Morgan fingerprint density at radius 3 is 2.45 bits per heavy atom. The first-order chi connectivity index (χ1) is 9.33. The van der Waals surface area contributed by atoms with Crippen LogP contribution in [0.5, 0.6) is 0 Å². The second-order valence-electron chi connectivity index (χ2n) is 8.88. The fraction of sp³-hybridized carbons (Fsp3) is 1.00. The highest BCUT2D eigenvalue weighted by atomic mass is 17.0. The summed E-state index contributed by atoms with van der Waals surface area (Å²) in [5.74, 6) is 2.00. The van der Waals surface area contributed by atoms with E-state index in [9.17, 15) is 0 Å². The molecule has 0 spiro atoms. The third-order valence-corrected chi connectivity index (χ3v) is 7.34. The van der Waals surface area contributed by atoms with Crippen LogP contribution in [-0.4, -0.2) is 11.6 Å². The lowest BCUT2D eigenvalue weighted by Crippen LogP contribution is -2.55. The molecule has 2 saturated heterocycles. The van der Waals surface area contributed by atoms with Gasteiger partial charge in [-0.25, -0.2) is 0 Å². The molecule has 0 amide bonds. The molecule has 2 saturated carbocycles. The molecule has 0 N–H and O–H groups in total. The molecule has 0 radical (unpaired) electrons. The van der Waals surface area contributed by atoms with Crippen LogP contribution in [0.15, 0.2) is 0 Å². The summed E-state index contributed by atoms with van der Waals surface area (Å²) in [5.41, 5.74) is 0.595. The molecule has 0 unspecified atom stereocenters. The Bertz CT molecular complexity index is 435. The fourth-order valence-corrected chi connectivity index (χ4v) is 6.43. The van der Waals surface area contributed by atoms with Crippen LogP contribution in [0.3, 0.4) is 0 Å². The highest BCUT2D eigenvalue weighted by molar-refractivity contribution is 5.33. The highest BCUT2D eigenvalue weighted by Crippen LogP contribution is 2.86. The van der Waals surface area contributed by atoms with Gasteiger partial charge in [-0.05, 0) is 36.0 Å². The SMILES string of the molecule is CCCC[C@H]1[C@@H](C)CC[C@H]2C(C)(C)CC34OC3(O4)[C@]12C. The van der Waals surface area contributed by atoms with Crippen molar-refractivity contribution in [2.75, 3.05) is 0 Å². The van der Waals surface area contributed by atoms with Gasteiger partial charge in [0.2, 0.25) is 11.6 Å². The van der Waals surface area contributed by atoms with Gasteiger partial charge in [0.25, 0.3) is 0 Å². The standard InChI is InChI=1S/C18H30O2/c1-6-7-8-13-12(2)9-10-14-15(3,4)11-17-18(19-17,20-17)16(13,14)5/h12-14H,6-11H2,1-5H3/t12-,13-,14-,16+,17?,18?/m0/s1. The largest absolute Gasteiger partial charge is 0.306 e. The van der Waals surface area contributed by atoms with Gasteiger partial charge in [0, 0.05) is 11.8 Å². The van der Waals surface area contributed by atoms with E-state index in [1.54, 1.807) is 0 Å². The first-order valence-electron chi connectivity index (χ1n) is 8.73. The van der Waals surface area contributed by atoms with Crippen molar-refractivity contribution in [3.05, 3.63) is 0 Å². The number of hydrogen-bond acceptors (Lipinski definition) is 2. The van der Waals surface area contributed by atoms with Gasteiger partial charge < -0.3 is 9.47 Å². The lowest BCUT2D eigenvalue weighted by atomic mass is 9.46. The molecular weight excluding hydrogens is 248 g/mol. The molecule has 4 fully saturated rings. The fourth-order valence-electron chi connectivity index (χ4n) is 6.43. The molecule has 0 aromatic heterocycles. The number of hydrogen-bond donors (Lipinski definition) is 0. The zero-order valence-electron chi connectivity index (χ0n) is 13.8. The van der Waals surface area contributed by atoms with Crippen LogP contribution in [0.25, 0.3) is 0 Å². The zero-order chi connectivity index (χ0) is 14.4. The Kier molecular flexibility index (Phi) is 2.46. The Morgan fingerprint density at radius 1 is 1.10 bits per heavy atom. The van der Waals surface area contributed by atoms with Crippen molar-refractivity contribution in [2.24, 2.45) is 28.6 Å². The van der Waals surface area contributed by atoms with Gasteiger partial charge in [-0.2, -0.15) is 0 Å². The normalized spacial score (nSPS) is 58.4. The van der Waals surface area contributed by atoms with Gasteiger partial charge in [-0.3, -0.25) is 0 Å². The van der Waals surface area contributed by atoms with Crippen molar-refractivity contribution in [1.82, 2.24) is 0 Å². The summed E-state index contributed by atoms with van der Waals surface area (Å²) in [6.07, 6.45) is 7.85. The molecule has 2 heterocycles. The van der Waals surface area contributed by atoms with Gasteiger partial charge in [0.1, 0.15) is 0 Å². The molecule has 0 aromatic rings. The van der Waals surface area contributed by atoms with Crippen molar-refractivity contribution in [3.8, 4) is 0 Å². The minimum Gasteiger partial charge on any atom is -0.306 e. The number of rotatable bonds is 3. The Balaban J connectivity index is 1.73. The molecule has 2 nitrogen and oxygen atoms in total. The molecular formula is C18H30O2. The summed E-state index contributed by atoms with van der Waals surface area (Å²) < 4.78 is 12.4. The van der Waals surface area contributed by atoms with Gasteiger partial charge in [-0.1, -0.05) is 53.9 Å². The maximum Gasteiger partial charge on any atom is 0.235 e. The Hall–Kier alpha value is -0.0800. The molecule has 0 bridgehead atoms. The van der Waals surface area contributed by atoms with Crippen molar-refractivity contribution in [3.63, 3.8) is 0 Å². The minimum atomic E-state index is -0.173. The van der Waals surface area contributed by atoms with Crippen molar-refractivity contribution in [2.45, 2.75) is 84.7 Å². The predicted octanol–water partition coefficient (Wildman–Crippen LogP) is 4.73. The lowest BCUT2D eigenvalue weighted by molar-refractivity contribution is -0.178. The monoisotopic (exact) mass is 278 g/mol. The van der Waals surface area contributed by atoms with Crippen LogP contribution in [0.2, 0.25) is 0 Å². The van der Waals surface area contributed by atoms with Gasteiger partial charge >= 0.3 is 0 Å². The molecule has 114 valence electrons. The van der Waals surface area contributed by atoms with Crippen molar-refractivity contribution < 1.29 is 9.47 Å². The van der Waals surface area contributed by atoms with E-state index in [0.717, 1.165) is 24.2 Å². The molecule has 2 aliphatic carbocycles. The average molecular weight is 278 g/mol. The van der Waals surface area contributed by atoms with E-state index < -0.39 is 0 Å². The van der Waals surface area contributed by atoms with E-state index in [1.165, 1.54) is 32.1 Å². The van der Waals surface area contributed by atoms with Crippen molar-refractivity contribution >= 4 is 0 Å². The third-order valence-electron chi connectivity index (χ3n) is 7.34. The number of epoxide rings is 2. The maximum atomic E-state index is 6.19. The second-order valence-corrected chi connectivity index (χ2v) is 8.88. The molecule has 2 heteroatoms. The summed E-state index contributed by atoms with van der Waals surface area (Å²) >= 11 is 0. The molecule has 0 aromatic carbocycles. The first kappa shape index (κ1) is 13.6. The van der Waals surface area contributed by atoms with Gasteiger partial charge in [0.05, 0.1) is 0 Å². The van der Waals surface area contributed by atoms with E-state index in [1.807, 2.05) is 0 Å². The van der Waals surface area contributed by atoms with E-state index in [2.05, 4.69) is 34.6 Å². The van der Waals surface area contributed by atoms with E-state index in [-0.39, 0.29) is 17.0 Å². The van der Waals surface area contributed by atoms with Gasteiger partial charge in [0.15, 0.2) is 0 Å². The molecule has 4 rings (SSSR count). The minimum absolute atomic E-state index is 0.163. The van der Waals surface area contributed by atoms with Crippen LogP contribution in [0.4, 0.5) is 0 Å². The van der Waals surface area contributed by atoms with Gasteiger partial charge in [-0.15, -0.1) is 0 Å². The highest BCUT2D eigenvalue weighted by Gasteiger charge is 3.00. The zero-order valence-corrected chi connectivity index (χ0v) is 13.8. The number of ether oxygens (including phenoxy) is 2. The summed E-state index contributed by atoms with van der Waals surface area (Å²) in [4.78, 5) is 0. The van der Waals surface area contributed by atoms with E-state index >= 15 is 0 Å². The summed E-state index contributed by atoms with van der Waals surface area (Å²) in [6, 6.07) is 0.